The summed E-state index contributed by atoms with van der Waals surface area (Å²) in [6.07, 6.45) is 3.45. The van der Waals surface area contributed by atoms with Crippen molar-refractivity contribution in [2.24, 2.45) is 5.92 Å². The number of likely N-dealkylation sites (tertiary alicyclic amines) is 1. The lowest BCUT2D eigenvalue weighted by atomic mass is 9.90. The number of Topliss-reactive ketones (excluding diaryl/α,β-unsaturated/α-hetero) is 1. The van der Waals surface area contributed by atoms with Gasteiger partial charge in [-0.25, -0.2) is 0 Å². The molecular weight excluding hydrogens is 312 g/mol. The fourth-order valence-corrected chi connectivity index (χ4v) is 3.91. The minimum Gasteiger partial charge on any atom is -0.481 e. The number of carboxylic acids is 1. The van der Waals surface area contributed by atoms with Gasteiger partial charge >= 0.3 is 5.97 Å². The van der Waals surface area contributed by atoms with Crippen molar-refractivity contribution in [2.75, 3.05) is 13.1 Å². The molecule has 1 saturated heterocycles. The molecule has 1 aliphatic heterocycles. The third-order valence-corrected chi connectivity index (χ3v) is 5.31. The Bertz CT molecular complexity index is 714. The third kappa shape index (κ3) is 3.48. The topological polar surface area (TPSA) is 70.5 Å². The number of pyridine rings is 1. The molecule has 0 amide bonds. The van der Waals surface area contributed by atoms with Crippen LogP contribution in [0.25, 0.3) is 0 Å². The molecule has 120 valence electrons. The summed E-state index contributed by atoms with van der Waals surface area (Å²) in [5.41, 5.74) is 2.04. The molecule has 0 bridgehead atoms. The van der Waals surface area contributed by atoms with Crippen molar-refractivity contribution in [3.8, 4) is 0 Å². The first-order chi connectivity index (χ1) is 11.0. The van der Waals surface area contributed by atoms with E-state index in [1.807, 2.05) is 23.6 Å². The zero-order chi connectivity index (χ0) is 16.4. The summed E-state index contributed by atoms with van der Waals surface area (Å²) in [5, 5.41) is 11.5. The number of nitrogens with zero attached hydrogens (tertiary/aromatic N) is 2. The van der Waals surface area contributed by atoms with Gasteiger partial charge in [-0.2, -0.15) is 0 Å². The van der Waals surface area contributed by atoms with E-state index >= 15 is 0 Å². The lowest BCUT2D eigenvalue weighted by Gasteiger charge is -2.15. The van der Waals surface area contributed by atoms with Gasteiger partial charge in [0.2, 0.25) is 0 Å². The van der Waals surface area contributed by atoms with Gasteiger partial charge in [0.1, 0.15) is 0 Å². The minimum absolute atomic E-state index is 0.0490. The summed E-state index contributed by atoms with van der Waals surface area (Å²) in [5.74, 6) is -1.17. The third-order valence-electron chi connectivity index (χ3n) is 4.23. The Morgan fingerprint density at radius 1 is 1.43 bits per heavy atom. The molecule has 0 saturated carbocycles. The van der Waals surface area contributed by atoms with Crippen LogP contribution in [0.5, 0.6) is 0 Å². The quantitative estimate of drug-likeness (QED) is 0.854. The molecule has 1 aliphatic rings. The largest absolute Gasteiger partial charge is 0.481 e. The fourth-order valence-electron chi connectivity index (χ4n) is 3.10. The molecule has 0 radical (unpaired) electrons. The SMILES string of the molecule is CC(=O)c1cc(CN2C[C@@H](C(=O)O)[C@H](c3cccnc3)C2)cs1. The molecule has 1 N–H and O–H groups in total. The van der Waals surface area contributed by atoms with Crippen LogP contribution in [0.4, 0.5) is 0 Å². The van der Waals surface area contributed by atoms with Crippen LogP contribution in [0.2, 0.25) is 0 Å². The number of hydrogen-bond donors (Lipinski definition) is 1. The second-order valence-electron chi connectivity index (χ2n) is 5.91. The van der Waals surface area contributed by atoms with Crippen LogP contribution in [0.15, 0.2) is 36.0 Å². The first kappa shape index (κ1) is 15.8. The van der Waals surface area contributed by atoms with E-state index in [0.717, 1.165) is 16.0 Å². The van der Waals surface area contributed by atoms with Crippen molar-refractivity contribution in [2.45, 2.75) is 19.4 Å². The van der Waals surface area contributed by atoms with Gasteiger partial charge in [-0.05, 0) is 35.6 Å². The second kappa shape index (κ2) is 6.60. The molecule has 5 nitrogen and oxygen atoms in total. The molecule has 2 atom stereocenters. The van der Waals surface area contributed by atoms with E-state index in [2.05, 4.69) is 9.88 Å². The number of thiophene rings is 1. The molecule has 0 aromatic carbocycles. The van der Waals surface area contributed by atoms with Crippen LogP contribution in [0, 0.1) is 5.92 Å². The van der Waals surface area contributed by atoms with Crippen LogP contribution >= 0.6 is 11.3 Å². The monoisotopic (exact) mass is 330 g/mol. The summed E-state index contributed by atoms with van der Waals surface area (Å²) < 4.78 is 0. The zero-order valence-electron chi connectivity index (χ0n) is 12.8. The lowest BCUT2D eigenvalue weighted by molar-refractivity contribution is -0.141. The van der Waals surface area contributed by atoms with Crippen molar-refractivity contribution < 1.29 is 14.7 Å². The number of rotatable bonds is 5. The van der Waals surface area contributed by atoms with Crippen molar-refractivity contribution >= 4 is 23.1 Å². The number of aliphatic carboxylic acids is 1. The Hall–Kier alpha value is -2.05. The maximum absolute atomic E-state index is 11.6. The molecule has 0 aliphatic carbocycles. The summed E-state index contributed by atoms with van der Waals surface area (Å²) in [6, 6.07) is 5.69. The van der Waals surface area contributed by atoms with Crippen LogP contribution in [-0.4, -0.2) is 39.8 Å². The van der Waals surface area contributed by atoms with Gasteiger partial charge in [-0.15, -0.1) is 11.3 Å². The second-order valence-corrected chi connectivity index (χ2v) is 6.82. The summed E-state index contributed by atoms with van der Waals surface area (Å²) >= 11 is 1.44. The van der Waals surface area contributed by atoms with Gasteiger partial charge < -0.3 is 5.11 Å². The number of carbonyl (C=O) groups excluding carboxylic acids is 1. The van der Waals surface area contributed by atoms with E-state index in [1.54, 1.807) is 19.3 Å². The van der Waals surface area contributed by atoms with Crippen molar-refractivity contribution in [1.29, 1.82) is 0 Å². The minimum atomic E-state index is -0.768. The Labute approximate surface area is 138 Å². The Kier molecular flexibility index (Phi) is 4.54. The van der Waals surface area contributed by atoms with Crippen LogP contribution in [-0.2, 0) is 11.3 Å². The number of carbonyl (C=O) groups is 2. The highest BCUT2D eigenvalue weighted by Gasteiger charge is 2.38. The maximum atomic E-state index is 11.6. The highest BCUT2D eigenvalue weighted by atomic mass is 32.1. The maximum Gasteiger partial charge on any atom is 0.308 e. The predicted molar refractivity (Wildman–Crippen MR) is 87.7 cm³/mol. The number of ketones is 1. The standard InChI is InChI=1S/C17H18N2O3S/c1-11(20)16-5-12(10-23-16)7-19-8-14(15(9-19)17(21)22)13-3-2-4-18-6-13/h2-6,10,14-15H,7-9H2,1H3,(H,21,22)/t14-,15+/m0/s1. The molecule has 6 heteroatoms. The smallest absolute Gasteiger partial charge is 0.308 e. The van der Waals surface area contributed by atoms with Gasteiger partial charge in [0, 0.05) is 37.9 Å². The van der Waals surface area contributed by atoms with E-state index in [1.165, 1.54) is 11.3 Å². The normalized spacial score (nSPS) is 21.4. The molecule has 2 aromatic rings. The molecule has 0 unspecified atom stereocenters. The molecule has 23 heavy (non-hydrogen) atoms. The summed E-state index contributed by atoms with van der Waals surface area (Å²) in [4.78, 5) is 30.0. The van der Waals surface area contributed by atoms with E-state index in [4.69, 9.17) is 0 Å². The molecule has 3 rings (SSSR count). The number of carboxylic acid groups (broad SMARTS) is 1. The van der Waals surface area contributed by atoms with Gasteiger partial charge in [-0.3, -0.25) is 19.5 Å². The molecule has 2 aromatic heterocycles. The van der Waals surface area contributed by atoms with Crippen LogP contribution < -0.4 is 0 Å². The molecular formula is C17H18N2O3S. The fraction of sp³-hybridized carbons (Fsp3) is 0.353. The van der Waals surface area contributed by atoms with E-state index in [0.29, 0.717) is 19.6 Å². The van der Waals surface area contributed by atoms with Crippen LogP contribution in [0.3, 0.4) is 0 Å². The Morgan fingerprint density at radius 2 is 2.26 bits per heavy atom. The first-order valence-corrected chi connectivity index (χ1v) is 8.36. The highest BCUT2D eigenvalue weighted by Crippen LogP contribution is 2.33. The Morgan fingerprint density at radius 3 is 2.87 bits per heavy atom. The van der Waals surface area contributed by atoms with Crippen molar-refractivity contribution in [1.82, 2.24) is 9.88 Å². The van der Waals surface area contributed by atoms with Gasteiger partial charge in [0.25, 0.3) is 0 Å². The Balaban J connectivity index is 1.74. The van der Waals surface area contributed by atoms with Crippen molar-refractivity contribution in [3.63, 3.8) is 0 Å². The van der Waals surface area contributed by atoms with Gasteiger partial charge in [-0.1, -0.05) is 6.07 Å². The predicted octanol–water partition coefficient (Wildman–Crippen LogP) is 2.65. The van der Waals surface area contributed by atoms with Gasteiger partial charge in [0.05, 0.1) is 10.8 Å². The summed E-state index contributed by atoms with van der Waals surface area (Å²) in [7, 11) is 0. The number of aromatic nitrogens is 1. The van der Waals surface area contributed by atoms with Gasteiger partial charge in [0.15, 0.2) is 5.78 Å². The summed E-state index contributed by atoms with van der Waals surface area (Å²) in [6.45, 7) is 3.43. The van der Waals surface area contributed by atoms with E-state index in [-0.39, 0.29) is 11.7 Å². The van der Waals surface area contributed by atoms with Crippen LogP contribution in [0.1, 0.15) is 33.6 Å². The molecule has 3 heterocycles. The molecule has 0 spiro atoms. The average molecular weight is 330 g/mol. The average Bonchev–Trinajstić information content (AvgIpc) is 3.16. The van der Waals surface area contributed by atoms with E-state index in [9.17, 15) is 14.7 Å². The zero-order valence-corrected chi connectivity index (χ0v) is 13.6. The lowest BCUT2D eigenvalue weighted by Crippen LogP contribution is -2.23. The van der Waals surface area contributed by atoms with Crippen molar-refractivity contribution in [3.05, 3.63) is 52.0 Å². The number of hydrogen-bond acceptors (Lipinski definition) is 5. The highest BCUT2D eigenvalue weighted by molar-refractivity contribution is 7.12. The first-order valence-electron chi connectivity index (χ1n) is 7.48. The van der Waals surface area contributed by atoms with E-state index < -0.39 is 11.9 Å². The molecule has 1 fully saturated rings.